The molecule has 1 unspecified atom stereocenters. The summed E-state index contributed by atoms with van der Waals surface area (Å²) in [5.74, 6) is 0.776. The first kappa shape index (κ1) is 13.0. The molecule has 16 heavy (non-hydrogen) atoms. The van der Waals surface area contributed by atoms with Crippen LogP contribution in [0.3, 0.4) is 0 Å². The Bertz CT molecular complexity index is 309. The fourth-order valence-electron chi connectivity index (χ4n) is 1.83. The molecule has 0 heterocycles. The predicted octanol–water partition coefficient (Wildman–Crippen LogP) is 2.79. The molecule has 0 aliphatic heterocycles. The van der Waals surface area contributed by atoms with Crippen molar-refractivity contribution in [2.24, 2.45) is 5.92 Å². The number of nitrogens with zero attached hydrogens (tertiary/aromatic N) is 1. The molecule has 2 nitrogen and oxygen atoms in total. The summed E-state index contributed by atoms with van der Waals surface area (Å²) in [6, 6.07) is 8.14. The SMILES string of the molecule is CCC(C)CN(C)CCc1ccccc1N. The summed E-state index contributed by atoms with van der Waals surface area (Å²) >= 11 is 0. The van der Waals surface area contributed by atoms with E-state index in [1.165, 1.54) is 18.5 Å². The van der Waals surface area contributed by atoms with Crippen molar-refractivity contribution in [3.63, 3.8) is 0 Å². The molecular weight excluding hydrogens is 196 g/mol. The Morgan fingerprint density at radius 3 is 2.62 bits per heavy atom. The van der Waals surface area contributed by atoms with Crippen LogP contribution >= 0.6 is 0 Å². The molecule has 0 aliphatic carbocycles. The molecule has 0 bridgehead atoms. The van der Waals surface area contributed by atoms with E-state index in [4.69, 9.17) is 5.73 Å². The minimum atomic E-state index is 0.776. The highest BCUT2D eigenvalue weighted by Crippen LogP contribution is 2.12. The van der Waals surface area contributed by atoms with Gasteiger partial charge in [0.1, 0.15) is 0 Å². The summed E-state index contributed by atoms with van der Waals surface area (Å²) in [5, 5.41) is 0. The van der Waals surface area contributed by atoms with E-state index in [0.717, 1.165) is 24.6 Å². The van der Waals surface area contributed by atoms with Gasteiger partial charge >= 0.3 is 0 Å². The zero-order chi connectivity index (χ0) is 12.0. The van der Waals surface area contributed by atoms with E-state index in [0.29, 0.717) is 0 Å². The van der Waals surface area contributed by atoms with Gasteiger partial charge in [0.05, 0.1) is 0 Å². The Balaban J connectivity index is 2.37. The van der Waals surface area contributed by atoms with E-state index >= 15 is 0 Å². The van der Waals surface area contributed by atoms with Crippen LogP contribution in [0.4, 0.5) is 5.69 Å². The third-order valence-corrected chi connectivity index (χ3v) is 3.14. The lowest BCUT2D eigenvalue weighted by atomic mass is 10.1. The summed E-state index contributed by atoms with van der Waals surface area (Å²) in [6.07, 6.45) is 2.29. The van der Waals surface area contributed by atoms with E-state index in [-0.39, 0.29) is 0 Å². The van der Waals surface area contributed by atoms with Crippen molar-refractivity contribution in [3.05, 3.63) is 29.8 Å². The van der Waals surface area contributed by atoms with E-state index in [2.05, 4.69) is 37.9 Å². The fraction of sp³-hybridized carbons (Fsp3) is 0.571. The molecule has 0 aromatic heterocycles. The van der Waals surface area contributed by atoms with Gasteiger partial charge < -0.3 is 10.6 Å². The molecular formula is C14H24N2. The number of nitrogens with two attached hydrogens (primary N) is 1. The van der Waals surface area contributed by atoms with Crippen LogP contribution < -0.4 is 5.73 Å². The average Bonchev–Trinajstić information content (AvgIpc) is 2.28. The lowest BCUT2D eigenvalue weighted by molar-refractivity contribution is 0.285. The second-order valence-corrected chi connectivity index (χ2v) is 4.72. The molecule has 0 radical (unpaired) electrons. The minimum absolute atomic E-state index is 0.776. The molecule has 2 heteroatoms. The molecule has 0 fully saturated rings. The Morgan fingerprint density at radius 2 is 2.00 bits per heavy atom. The molecule has 1 rings (SSSR count). The number of nitrogen functional groups attached to an aromatic ring is 1. The summed E-state index contributed by atoms with van der Waals surface area (Å²) in [5.41, 5.74) is 8.09. The van der Waals surface area contributed by atoms with Crippen molar-refractivity contribution < 1.29 is 0 Å². The number of likely N-dealkylation sites (N-methyl/N-ethyl adjacent to an activating group) is 1. The summed E-state index contributed by atoms with van der Waals surface area (Å²) in [4.78, 5) is 2.39. The van der Waals surface area contributed by atoms with Gasteiger partial charge in [-0.05, 0) is 31.0 Å². The second-order valence-electron chi connectivity index (χ2n) is 4.72. The highest BCUT2D eigenvalue weighted by molar-refractivity contribution is 5.46. The number of benzene rings is 1. The average molecular weight is 220 g/mol. The Hall–Kier alpha value is -1.02. The third-order valence-electron chi connectivity index (χ3n) is 3.14. The van der Waals surface area contributed by atoms with E-state index < -0.39 is 0 Å². The highest BCUT2D eigenvalue weighted by atomic mass is 15.1. The first-order valence-corrected chi connectivity index (χ1v) is 6.15. The second kappa shape index (κ2) is 6.54. The summed E-state index contributed by atoms with van der Waals surface area (Å²) in [7, 11) is 2.19. The molecule has 0 aliphatic rings. The van der Waals surface area contributed by atoms with Crippen molar-refractivity contribution in [1.29, 1.82) is 0 Å². The lowest BCUT2D eigenvalue weighted by Gasteiger charge is -2.20. The molecule has 0 saturated heterocycles. The molecule has 0 amide bonds. The summed E-state index contributed by atoms with van der Waals surface area (Å²) in [6.45, 7) is 6.79. The minimum Gasteiger partial charge on any atom is -0.399 e. The van der Waals surface area contributed by atoms with Crippen LogP contribution in [0.1, 0.15) is 25.8 Å². The topological polar surface area (TPSA) is 29.3 Å². The van der Waals surface area contributed by atoms with Gasteiger partial charge in [-0.1, -0.05) is 38.5 Å². The largest absolute Gasteiger partial charge is 0.399 e. The normalized spacial score (nSPS) is 13.0. The number of hydrogen-bond donors (Lipinski definition) is 1. The predicted molar refractivity (Wildman–Crippen MR) is 71.5 cm³/mol. The van der Waals surface area contributed by atoms with Crippen molar-refractivity contribution in [3.8, 4) is 0 Å². The van der Waals surface area contributed by atoms with Crippen LogP contribution in [0.25, 0.3) is 0 Å². The van der Waals surface area contributed by atoms with Crippen LogP contribution in [0.2, 0.25) is 0 Å². The van der Waals surface area contributed by atoms with Crippen LogP contribution in [0, 0.1) is 5.92 Å². The summed E-state index contributed by atoms with van der Waals surface area (Å²) < 4.78 is 0. The molecule has 0 saturated carbocycles. The molecule has 90 valence electrons. The van der Waals surface area contributed by atoms with Crippen LogP contribution in [0.15, 0.2) is 24.3 Å². The van der Waals surface area contributed by atoms with E-state index in [1.54, 1.807) is 0 Å². The van der Waals surface area contributed by atoms with Crippen LogP contribution in [-0.2, 0) is 6.42 Å². The molecule has 1 atom stereocenters. The van der Waals surface area contributed by atoms with Gasteiger partial charge in [0.15, 0.2) is 0 Å². The molecule has 0 spiro atoms. The van der Waals surface area contributed by atoms with Crippen molar-refractivity contribution in [1.82, 2.24) is 4.90 Å². The fourth-order valence-corrected chi connectivity index (χ4v) is 1.83. The Morgan fingerprint density at radius 1 is 1.31 bits per heavy atom. The molecule has 1 aromatic rings. The van der Waals surface area contributed by atoms with Gasteiger partial charge in [0, 0.05) is 18.8 Å². The highest BCUT2D eigenvalue weighted by Gasteiger charge is 2.05. The number of rotatable bonds is 6. The van der Waals surface area contributed by atoms with E-state index in [9.17, 15) is 0 Å². The maximum absolute atomic E-state index is 5.92. The Kier molecular flexibility index (Phi) is 5.33. The third kappa shape index (κ3) is 4.23. The van der Waals surface area contributed by atoms with Gasteiger partial charge in [-0.25, -0.2) is 0 Å². The van der Waals surface area contributed by atoms with Crippen molar-refractivity contribution in [2.45, 2.75) is 26.7 Å². The maximum atomic E-state index is 5.92. The van der Waals surface area contributed by atoms with E-state index in [1.807, 2.05) is 12.1 Å². The zero-order valence-electron chi connectivity index (χ0n) is 10.7. The molecule has 2 N–H and O–H groups in total. The number of para-hydroxylation sites is 1. The molecule has 1 aromatic carbocycles. The van der Waals surface area contributed by atoms with Gasteiger partial charge in [-0.3, -0.25) is 0 Å². The Labute approximate surface area is 99.5 Å². The van der Waals surface area contributed by atoms with Crippen LogP contribution in [-0.4, -0.2) is 25.0 Å². The smallest absolute Gasteiger partial charge is 0.0347 e. The van der Waals surface area contributed by atoms with Crippen molar-refractivity contribution >= 4 is 5.69 Å². The van der Waals surface area contributed by atoms with Gasteiger partial charge in [0.2, 0.25) is 0 Å². The van der Waals surface area contributed by atoms with Gasteiger partial charge in [-0.2, -0.15) is 0 Å². The van der Waals surface area contributed by atoms with Gasteiger partial charge in [0.25, 0.3) is 0 Å². The number of anilines is 1. The lowest BCUT2D eigenvalue weighted by Crippen LogP contribution is -2.26. The number of hydrogen-bond acceptors (Lipinski definition) is 2. The zero-order valence-corrected chi connectivity index (χ0v) is 10.7. The standard InChI is InChI=1S/C14H24N2/c1-4-12(2)11-16(3)10-9-13-7-5-6-8-14(13)15/h5-8,12H,4,9-11,15H2,1-3H3. The first-order chi connectivity index (χ1) is 7.63. The van der Waals surface area contributed by atoms with Crippen molar-refractivity contribution in [2.75, 3.05) is 25.9 Å². The maximum Gasteiger partial charge on any atom is 0.0347 e. The quantitative estimate of drug-likeness (QED) is 0.747. The first-order valence-electron chi connectivity index (χ1n) is 6.15. The van der Waals surface area contributed by atoms with Gasteiger partial charge in [-0.15, -0.1) is 0 Å². The van der Waals surface area contributed by atoms with Crippen LogP contribution in [0.5, 0.6) is 0 Å². The monoisotopic (exact) mass is 220 g/mol.